The van der Waals surface area contributed by atoms with E-state index < -0.39 is 0 Å². The van der Waals surface area contributed by atoms with Crippen molar-refractivity contribution in [3.05, 3.63) is 82.2 Å². The second-order valence-corrected chi connectivity index (χ2v) is 9.22. The Labute approximate surface area is 188 Å². The molecule has 31 heavy (non-hydrogen) atoms. The van der Waals surface area contributed by atoms with Crippen molar-refractivity contribution < 1.29 is 4.79 Å². The number of anilines is 1. The van der Waals surface area contributed by atoms with Crippen LogP contribution in [0.25, 0.3) is 21.3 Å². The highest BCUT2D eigenvalue weighted by atomic mass is 32.2. The number of thioether (sulfide) groups is 1. The molecule has 0 aliphatic rings. The molecular formula is C23H22N4O2S2. The molecule has 4 aromatic rings. The Hall–Kier alpha value is -3.10. The van der Waals surface area contributed by atoms with Crippen LogP contribution >= 0.6 is 23.1 Å². The van der Waals surface area contributed by atoms with Crippen molar-refractivity contribution in [2.75, 3.05) is 12.1 Å². The molecule has 0 unspecified atom stereocenters. The van der Waals surface area contributed by atoms with Gasteiger partial charge in [0.25, 0.3) is 11.5 Å². The van der Waals surface area contributed by atoms with Gasteiger partial charge in [-0.25, -0.2) is 4.98 Å². The molecule has 0 saturated carbocycles. The first-order valence-electron chi connectivity index (χ1n) is 9.79. The van der Waals surface area contributed by atoms with Gasteiger partial charge in [0.1, 0.15) is 10.7 Å². The number of carbonyl (C=O) groups is 1. The lowest BCUT2D eigenvalue weighted by Crippen LogP contribution is -2.43. The van der Waals surface area contributed by atoms with Crippen molar-refractivity contribution in [3.63, 3.8) is 0 Å². The van der Waals surface area contributed by atoms with E-state index in [0.717, 1.165) is 16.8 Å². The number of para-hydroxylation sites is 1. The second-order valence-electron chi connectivity index (χ2n) is 7.03. The standard InChI is InChI=1S/C23H22N4O2S2/c1-15(21(28)26-27(2)17-11-7-4-8-12-17)30-14-19-24-22(29)20-18(13-31-23(20)25-19)16-9-5-3-6-10-16/h3-13,15H,14H2,1-2H3,(H,26,28)(H,24,25,29)/t15-/m1/s1. The van der Waals surface area contributed by atoms with Crippen LogP contribution in [-0.4, -0.2) is 28.2 Å². The van der Waals surface area contributed by atoms with Gasteiger partial charge in [0, 0.05) is 18.0 Å². The van der Waals surface area contributed by atoms with Gasteiger partial charge in [0.2, 0.25) is 0 Å². The number of carbonyl (C=O) groups excluding carboxylic acids is 1. The van der Waals surface area contributed by atoms with Crippen LogP contribution in [0.1, 0.15) is 12.7 Å². The van der Waals surface area contributed by atoms with Gasteiger partial charge in [-0.1, -0.05) is 48.5 Å². The van der Waals surface area contributed by atoms with Crippen LogP contribution in [0, 0.1) is 0 Å². The van der Waals surface area contributed by atoms with E-state index in [-0.39, 0.29) is 16.7 Å². The molecule has 8 heteroatoms. The Morgan fingerprint density at radius 1 is 1.16 bits per heavy atom. The first-order chi connectivity index (χ1) is 15.0. The van der Waals surface area contributed by atoms with E-state index in [0.29, 0.717) is 21.8 Å². The Kier molecular flexibility index (Phi) is 6.39. The number of hydrogen-bond acceptors (Lipinski definition) is 6. The largest absolute Gasteiger partial charge is 0.309 e. The van der Waals surface area contributed by atoms with Crippen LogP contribution in [0.15, 0.2) is 70.8 Å². The lowest BCUT2D eigenvalue weighted by Gasteiger charge is -2.22. The van der Waals surface area contributed by atoms with Gasteiger partial charge in [0.15, 0.2) is 0 Å². The number of fused-ring (bicyclic) bond motifs is 1. The lowest BCUT2D eigenvalue weighted by molar-refractivity contribution is -0.120. The minimum absolute atomic E-state index is 0.109. The monoisotopic (exact) mass is 450 g/mol. The van der Waals surface area contributed by atoms with E-state index in [1.165, 1.54) is 23.1 Å². The Morgan fingerprint density at radius 3 is 2.55 bits per heavy atom. The van der Waals surface area contributed by atoms with Gasteiger partial charge in [-0.3, -0.25) is 20.0 Å². The summed E-state index contributed by atoms with van der Waals surface area (Å²) in [7, 11) is 1.80. The molecule has 0 radical (unpaired) electrons. The van der Waals surface area contributed by atoms with Crippen molar-refractivity contribution in [1.82, 2.24) is 15.4 Å². The summed E-state index contributed by atoms with van der Waals surface area (Å²) in [6.07, 6.45) is 0. The van der Waals surface area contributed by atoms with E-state index >= 15 is 0 Å². The zero-order valence-electron chi connectivity index (χ0n) is 17.2. The lowest BCUT2D eigenvalue weighted by atomic mass is 10.1. The van der Waals surface area contributed by atoms with Gasteiger partial charge in [-0.05, 0) is 24.6 Å². The highest BCUT2D eigenvalue weighted by Gasteiger charge is 2.17. The summed E-state index contributed by atoms with van der Waals surface area (Å²) in [5, 5.41) is 3.97. The molecule has 0 aliphatic heterocycles. The fourth-order valence-corrected chi connectivity index (χ4v) is 4.86. The average molecular weight is 451 g/mol. The molecule has 0 bridgehead atoms. The molecule has 0 saturated heterocycles. The topological polar surface area (TPSA) is 78.1 Å². The predicted molar refractivity (Wildman–Crippen MR) is 129 cm³/mol. The number of thiophene rings is 1. The number of H-pyrrole nitrogens is 1. The van der Waals surface area contributed by atoms with Crippen molar-refractivity contribution in [2.24, 2.45) is 0 Å². The third kappa shape index (κ3) is 4.81. The first-order valence-corrected chi connectivity index (χ1v) is 11.7. The van der Waals surface area contributed by atoms with Crippen LogP contribution < -0.4 is 16.0 Å². The van der Waals surface area contributed by atoms with Gasteiger partial charge >= 0.3 is 0 Å². The second kappa shape index (κ2) is 9.36. The quantitative estimate of drug-likeness (QED) is 0.407. The molecule has 0 aliphatic carbocycles. The van der Waals surface area contributed by atoms with Crippen LogP contribution in [-0.2, 0) is 10.5 Å². The Morgan fingerprint density at radius 2 is 1.84 bits per heavy atom. The predicted octanol–water partition coefficient (Wildman–Crippen LogP) is 4.44. The Balaban J connectivity index is 1.43. The van der Waals surface area contributed by atoms with Gasteiger partial charge in [-0.15, -0.1) is 23.1 Å². The van der Waals surface area contributed by atoms with Crippen LogP contribution in [0.5, 0.6) is 0 Å². The van der Waals surface area contributed by atoms with Crippen molar-refractivity contribution >= 4 is 44.9 Å². The van der Waals surface area contributed by atoms with Crippen molar-refractivity contribution in [3.8, 4) is 11.1 Å². The number of benzene rings is 2. The highest BCUT2D eigenvalue weighted by Crippen LogP contribution is 2.30. The number of aromatic nitrogens is 2. The summed E-state index contributed by atoms with van der Waals surface area (Å²) in [6.45, 7) is 1.84. The molecule has 0 spiro atoms. The molecule has 2 aromatic carbocycles. The van der Waals surface area contributed by atoms with E-state index in [1.54, 1.807) is 12.1 Å². The minimum Gasteiger partial charge on any atom is -0.309 e. The third-order valence-corrected chi connectivity index (χ3v) is 6.86. The summed E-state index contributed by atoms with van der Waals surface area (Å²) in [6, 6.07) is 19.4. The van der Waals surface area contributed by atoms with Gasteiger partial charge in [0.05, 0.1) is 22.1 Å². The minimum atomic E-state index is -0.310. The maximum atomic E-state index is 12.8. The highest BCUT2D eigenvalue weighted by molar-refractivity contribution is 7.99. The maximum absolute atomic E-state index is 12.8. The summed E-state index contributed by atoms with van der Waals surface area (Å²) >= 11 is 2.89. The number of amides is 1. The van der Waals surface area contributed by atoms with E-state index in [1.807, 2.05) is 73.0 Å². The maximum Gasteiger partial charge on any atom is 0.260 e. The van der Waals surface area contributed by atoms with E-state index in [2.05, 4.69) is 15.4 Å². The van der Waals surface area contributed by atoms with Crippen molar-refractivity contribution in [1.29, 1.82) is 0 Å². The van der Waals surface area contributed by atoms with Crippen LogP contribution in [0.2, 0.25) is 0 Å². The number of nitrogens with zero attached hydrogens (tertiary/aromatic N) is 2. The Bertz CT molecular complexity index is 1240. The molecule has 2 aromatic heterocycles. The van der Waals surface area contributed by atoms with Crippen molar-refractivity contribution in [2.45, 2.75) is 17.9 Å². The number of aromatic amines is 1. The number of nitrogens with one attached hydrogen (secondary N) is 2. The molecule has 2 heterocycles. The summed E-state index contributed by atoms with van der Waals surface area (Å²) in [5.74, 6) is 0.898. The third-order valence-electron chi connectivity index (χ3n) is 4.84. The number of rotatable bonds is 7. The molecule has 4 rings (SSSR count). The number of hydrogen-bond donors (Lipinski definition) is 2. The van der Waals surface area contributed by atoms with Crippen LogP contribution in [0.3, 0.4) is 0 Å². The molecule has 6 nitrogen and oxygen atoms in total. The first kappa shape index (κ1) is 21.1. The summed E-state index contributed by atoms with van der Waals surface area (Å²) in [4.78, 5) is 33.5. The fraction of sp³-hybridized carbons (Fsp3) is 0.174. The smallest absolute Gasteiger partial charge is 0.260 e. The molecule has 2 N–H and O–H groups in total. The molecule has 1 amide bonds. The molecule has 1 atom stereocenters. The molecular weight excluding hydrogens is 428 g/mol. The normalized spacial score (nSPS) is 11.9. The van der Waals surface area contributed by atoms with E-state index in [9.17, 15) is 9.59 Å². The summed E-state index contributed by atoms with van der Waals surface area (Å²) in [5.41, 5.74) is 5.52. The molecule has 0 fully saturated rings. The molecule has 158 valence electrons. The fourth-order valence-electron chi connectivity index (χ4n) is 3.14. The number of hydrazine groups is 1. The SMILES string of the molecule is C[C@@H](SCc1nc2scc(-c3ccccc3)c2c(=O)[nH]1)C(=O)NN(C)c1ccccc1. The van der Waals surface area contributed by atoms with Crippen LogP contribution in [0.4, 0.5) is 5.69 Å². The zero-order chi connectivity index (χ0) is 21.8. The zero-order valence-corrected chi connectivity index (χ0v) is 18.8. The van der Waals surface area contributed by atoms with Gasteiger partial charge in [-0.2, -0.15) is 0 Å². The van der Waals surface area contributed by atoms with E-state index in [4.69, 9.17) is 0 Å². The average Bonchev–Trinajstić information content (AvgIpc) is 3.23. The van der Waals surface area contributed by atoms with Gasteiger partial charge < -0.3 is 4.98 Å². The summed E-state index contributed by atoms with van der Waals surface area (Å²) < 4.78 is 0.